The van der Waals surface area contributed by atoms with Gasteiger partial charge in [-0.15, -0.1) is 0 Å². The molecule has 0 saturated carbocycles. The van der Waals surface area contributed by atoms with Crippen molar-refractivity contribution < 1.29 is 14.4 Å². The summed E-state index contributed by atoms with van der Waals surface area (Å²) >= 11 is 1.39. The van der Waals surface area contributed by atoms with Gasteiger partial charge in [-0.05, 0) is 56.2 Å². The third kappa shape index (κ3) is 7.30. The molecule has 190 valence electrons. The molecule has 2 N–H and O–H groups in total. The van der Waals surface area contributed by atoms with Gasteiger partial charge in [0.25, 0.3) is 11.8 Å². The van der Waals surface area contributed by atoms with Crippen molar-refractivity contribution in [3.05, 3.63) is 29.8 Å². The number of nitrogens with zero attached hydrogens (tertiary/aromatic N) is 3. The first kappa shape index (κ1) is 25.7. The molecule has 4 rings (SSSR count). The van der Waals surface area contributed by atoms with Crippen molar-refractivity contribution in [1.82, 2.24) is 15.1 Å². The van der Waals surface area contributed by atoms with Crippen LogP contribution in [0.25, 0.3) is 0 Å². The highest BCUT2D eigenvalue weighted by Gasteiger charge is 2.33. The zero-order chi connectivity index (χ0) is 24.8. The van der Waals surface area contributed by atoms with Crippen molar-refractivity contribution in [2.75, 3.05) is 38.0 Å². The Bertz CT molecular complexity index is 952. The number of rotatable bonds is 7. The van der Waals surface area contributed by atoms with Gasteiger partial charge >= 0.3 is 0 Å². The first-order valence-corrected chi connectivity index (χ1v) is 13.7. The zero-order valence-electron chi connectivity index (χ0n) is 20.8. The lowest BCUT2D eigenvalue weighted by Crippen LogP contribution is -2.45. The number of thioether (sulfide) groups is 1. The second-order valence-corrected chi connectivity index (χ2v) is 11.3. The molecule has 3 heterocycles. The minimum absolute atomic E-state index is 0.0652. The van der Waals surface area contributed by atoms with Gasteiger partial charge in [-0.25, -0.2) is 0 Å². The maximum atomic E-state index is 12.8. The van der Waals surface area contributed by atoms with Crippen molar-refractivity contribution >= 4 is 40.3 Å². The molecular weight excluding hydrogens is 462 g/mol. The van der Waals surface area contributed by atoms with E-state index in [4.69, 9.17) is 0 Å². The normalized spacial score (nSPS) is 21.8. The molecule has 0 aliphatic carbocycles. The van der Waals surface area contributed by atoms with Gasteiger partial charge in [-0.3, -0.25) is 14.4 Å². The molecule has 8 nitrogen and oxygen atoms in total. The summed E-state index contributed by atoms with van der Waals surface area (Å²) in [7, 11) is 0. The lowest BCUT2D eigenvalue weighted by Gasteiger charge is -2.33. The molecule has 1 aromatic carbocycles. The molecule has 35 heavy (non-hydrogen) atoms. The van der Waals surface area contributed by atoms with Crippen LogP contribution in [0.1, 0.15) is 62.7 Å². The number of hydrogen-bond donors (Lipinski definition) is 2. The summed E-state index contributed by atoms with van der Waals surface area (Å²) in [5.41, 5.74) is 1.08. The van der Waals surface area contributed by atoms with Gasteiger partial charge in [0.05, 0.1) is 0 Å². The van der Waals surface area contributed by atoms with Crippen molar-refractivity contribution in [3.8, 4) is 0 Å². The van der Waals surface area contributed by atoms with Crippen LogP contribution in [0.5, 0.6) is 0 Å². The Balaban J connectivity index is 1.25. The van der Waals surface area contributed by atoms with E-state index in [1.807, 2.05) is 0 Å². The maximum Gasteiger partial charge on any atom is 0.262 e. The lowest BCUT2D eigenvalue weighted by molar-refractivity contribution is -0.121. The van der Waals surface area contributed by atoms with E-state index in [1.54, 1.807) is 24.3 Å². The molecule has 0 bridgehead atoms. The molecule has 3 aliphatic rings. The molecule has 1 atom stereocenters. The molecule has 2 fully saturated rings. The molecule has 2 saturated heterocycles. The van der Waals surface area contributed by atoms with Crippen LogP contribution in [-0.2, 0) is 9.59 Å². The van der Waals surface area contributed by atoms with Gasteiger partial charge in [0.2, 0.25) is 5.91 Å². The quantitative estimate of drug-likeness (QED) is 0.598. The second kappa shape index (κ2) is 12.0. The molecule has 0 aromatic heterocycles. The summed E-state index contributed by atoms with van der Waals surface area (Å²) in [4.78, 5) is 46.6. The van der Waals surface area contributed by atoms with Crippen LogP contribution in [0.15, 0.2) is 29.3 Å². The van der Waals surface area contributed by atoms with E-state index < -0.39 is 5.25 Å². The monoisotopic (exact) mass is 499 g/mol. The number of nitrogens with one attached hydrogen (secondary N) is 2. The van der Waals surface area contributed by atoms with Crippen LogP contribution >= 0.6 is 11.8 Å². The third-order valence-corrected chi connectivity index (χ3v) is 7.89. The third-order valence-electron chi connectivity index (χ3n) is 6.68. The van der Waals surface area contributed by atoms with Crippen molar-refractivity contribution in [2.24, 2.45) is 10.9 Å². The zero-order valence-corrected chi connectivity index (χ0v) is 21.6. The number of amides is 3. The molecule has 3 aliphatic heterocycles. The van der Waals surface area contributed by atoms with Gasteiger partial charge in [-0.2, -0.15) is 4.99 Å². The number of amidine groups is 1. The lowest BCUT2D eigenvalue weighted by atomic mass is 10.0. The fourth-order valence-corrected chi connectivity index (χ4v) is 6.01. The van der Waals surface area contributed by atoms with Crippen molar-refractivity contribution in [1.29, 1.82) is 0 Å². The van der Waals surface area contributed by atoms with E-state index in [9.17, 15) is 14.4 Å². The fourth-order valence-electron chi connectivity index (χ4n) is 4.89. The average Bonchev–Trinajstić information content (AvgIpc) is 3.20. The minimum Gasteiger partial charge on any atom is -0.351 e. The van der Waals surface area contributed by atoms with Crippen molar-refractivity contribution in [2.45, 2.75) is 63.7 Å². The van der Waals surface area contributed by atoms with E-state index >= 15 is 0 Å². The predicted molar refractivity (Wildman–Crippen MR) is 141 cm³/mol. The number of piperidine rings is 2. The molecule has 3 amide bonds. The summed E-state index contributed by atoms with van der Waals surface area (Å²) in [6, 6.07) is 7.15. The molecule has 0 spiro atoms. The average molecular weight is 500 g/mol. The molecular formula is C26H37N5O3S. The van der Waals surface area contributed by atoms with Crippen molar-refractivity contribution in [3.63, 3.8) is 0 Å². The fraction of sp³-hybridized carbons (Fsp3) is 0.615. The smallest absolute Gasteiger partial charge is 0.262 e. The van der Waals surface area contributed by atoms with Gasteiger partial charge in [-0.1, -0.05) is 31.7 Å². The van der Waals surface area contributed by atoms with E-state index in [-0.39, 0.29) is 30.2 Å². The minimum atomic E-state index is -0.486. The van der Waals surface area contributed by atoms with Crippen LogP contribution in [-0.4, -0.2) is 76.7 Å². The van der Waals surface area contributed by atoms with Crippen LogP contribution < -0.4 is 10.6 Å². The van der Waals surface area contributed by atoms with Gasteiger partial charge in [0.1, 0.15) is 5.25 Å². The second-order valence-electron chi connectivity index (χ2n) is 10.2. The van der Waals surface area contributed by atoms with E-state index in [0.717, 1.165) is 63.6 Å². The highest BCUT2D eigenvalue weighted by Crippen LogP contribution is 2.29. The summed E-state index contributed by atoms with van der Waals surface area (Å²) in [6.07, 6.45) is 5.39. The van der Waals surface area contributed by atoms with Crippen LogP contribution in [0.2, 0.25) is 0 Å². The van der Waals surface area contributed by atoms with Gasteiger partial charge in [0, 0.05) is 56.4 Å². The molecule has 0 radical (unpaired) electrons. The summed E-state index contributed by atoms with van der Waals surface area (Å²) < 4.78 is 0. The van der Waals surface area contributed by atoms with E-state index in [0.29, 0.717) is 17.2 Å². The first-order valence-electron chi connectivity index (χ1n) is 12.8. The maximum absolute atomic E-state index is 12.8. The largest absolute Gasteiger partial charge is 0.351 e. The Morgan fingerprint density at radius 3 is 2.57 bits per heavy atom. The number of carbonyl (C=O) groups excluding carboxylic acids is 3. The van der Waals surface area contributed by atoms with E-state index in [2.05, 4.69) is 39.3 Å². The highest BCUT2D eigenvalue weighted by atomic mass is 32.2. The van der Waals surface area contributed by atoms with Gasteiger partial charge in [0.15, 0.2) is 5.17 Å². The Labute approximate surface area is 212 Å². The van der Waals surface area contributed by atoms with Crippen LogP contribution in [0.4, 0.5) is 5.69 Å². The topological polar surface area (TPSA) is 94.1 Å². The number of hydrogen-bond acceptors (Lipinski definition) is 6. The number of carbonyl (C=O) groups is 3. The van der Waals surface area contributed by atoms with E-state index in [1.165, 1.54) is 18.2 Å². The summed E-state index contributed by atoms with van der Waals surface area (Å²) in [6.45, 7) is 9.39. The highest BCUT2D eigenvalue weighted by molar-refractivity contribution is 8.15. The Morgan fingerprint density at radius 1 is 1.11 bits per heavy atom. The SMILES string of the molecule is CC(C)CN1CCC(NC(=O)c2cccc(NC(=O)CC3SC(N4CCCCC4)=NC3=O)c2)CC1. The van der Waals surface area contributed by atoms with Gasteiger partial charge < -0.3 is 20.4 Å². The Kier molecular flexibility index (Phi) is 8.83. The standard InChI is InChI=1S/C26H37N5O3S/c1-18(2)17-30-13-9-20(10-14-30)28-24(33)19-7-6-8-21(15-19)27-23(32)16-22-25(34)29-26(35-22)31-11-4-3-5-12-31/h6-8,15,18,20,22H,3-5,9-14,16-17H2,1-2H3,(H,27,32)(H,28,33). The first-order chi connectivity index (χ1) is 16.9. The van der Waals surface area contributed by atoms with Crippen LogP contribution in [0, 0.1) is 5.92 Å². The Morgan fingerprint density at radius 2 is 1.86 bits per heavy atom. The number of likely N-dealkylation sites (tertiary alicyclic amines) is 2. The predicted octanol–water partition coefficient (Wildman–Crippen LogP) is 3.35. The summed E-state index contributed by atoms with van der Waals surface area (Å²) in [5, 5.41) is 6.26. The number of aliphatic imine (C=N–C) groups is 1. The molecule has 1 unspecified atom stereocenters. The Hall–Kier alpha value is -2.39. The summed E-state index contributed by atoms with van der Waals surface area (Å²) in [5.74, 6) is 0.0394. The number of benzene rings is 1. The molecule has 1 aromatic rings. The molecule has 9 heteroatoms. The van der Waals surface area contributed by atoms with Crippen LogP contribution in [0.3, 0.4) is 0 Å². The number of anilines is 1.